The van der Waals surface area contributed by atoms with E-state index in [0.29, 0.717) is 35.5 Å². The number of alkyl halides is 3. The van der Waals surface area contributed by atoms with E-state index in [-0.39, 0.29) is 18.0 Å². The minimum Gasteiger partial charge on any atom is -0.301 e. The first-order valence-electron chi connectivity index (χ1n) is 9.99. The van der Waals surface area contributed by atoms with Crippen molar-refractivity contribution in [1.29, 1.82) is 0 Å². The number of hydrogen-bond acceptors (Lipinski definition) is 3. The Kier molecular flexibility index (Phi) is 7.18. The van der Waals surface area contributed by atoms with Crippen molar-refractivity contribution in [2.24, 2.45) is 0 Å². The number of nitrogens with zero attached hydrogens (tertiary/aromatic N) is 3. The molecule has 0 unspecified atom stereocenters. The summed E-state index contributed by atoms with van der Waals surface area (Å²) in [4.78, 5) is 15.4. The highest BCUT2D eigenvalue weighted by Crippen LogP contribution is 2.32. The summed E-state index contributed by atoms with van der Waals surface area (Å²) in [7, 11) is 0. The third kappa shape index (κ3) is 5.35. The summed E-state index contributed by atoms with van der Waals surface area (Å²) in [5.74, 6) is 0. The fourth-order valence-electron chi connectivity index (χ4n) is 3.76. The van der Waals surface area contributed by atoms with E-state index in [1.807, 2.05) is 30.3 Å². The van der Waals surface area contributed by atoms with E-state index in [9.17, 15) is 18.0 Å². The highest BCUT2D eigenvalue weighted by molar-refractivity contribution is 5.85. The molecule has 31 heavy (non-hydrogen) atoms. The molecule has 4 nitrogen and oxygen atoms in total. The molecule has 1 aromatic heterocycles. The van der Waals surface area contributed by atoms with Crippen LogP contribution in [0.2, 0.25) is 0 Å². The van der Waals surface area contributed by atoms with E-state index in [1.165, 1.54) is 10.7 Å². The van der Waals surface area contributed by atoms with Gasteiger partial charge in [0.25, 0.3) is 5.56 Å². The second-order valence-electron chi connectivity index (χ2n) is 7.46. The second-order valence-corrected chi connectivity index (χ2v) is 7.46. The smallest absolute Gasteiger partial charge is 0.301 e. The van der Waals surface area contributed by atoms with Crippen molar-refractivity contribution in [2.45, 2.75) is 25.6 Å². The molecule has 4 rings (SSSR count). The molecule has 164 valence electrons. The van der Waals surface area contributed by atoms with Gasteiger partial charge in [-0.1, -0.05) is 42.5 Å². The zero-order valence-electron chi connectivity index (χ0n) is 16.8. The van der Waals surface area contributed by atoms with Crippen LogP contribution in [0.25, 0.3) is 22.4 Å². The van der Waals surface area contributed by atoms with Gasteiger partial charge in [0.05, 0.1) is 23.4 Å². The van der Waals surface area contributed by atoms with Crippen LogP contribution in [-0.2, 0) is 12.7 Å². The van der Waals surface area contributed by atoms with E-state index in [1.54, 1.807) is 12.1 Å². The lowest BCUT2D eigenvalue weighted by Gasteiger charge is -2.16. The molecule has 1 saturated heterocycles. The minimum atomic E-state index is -4.44. The molecule has 1 fully saturated rings. The Morgan fingerprint density at radius 3 is 2.23 bits per heavy atom. The monoisotopic (exact) mass is 449 g/mol. The van der Waals surface area contributed by atoms with Gasteiger partial charge in [0.15, 0.2) is 0 Å². The Hall–Kier alpha value is -2.64. The van der Waals surface area contributed by atoms with Gasteiger partial charge in [-0.2, -0.15) is 18.3 Å². The maximum Gasteiger partial charge on any atom is 0.416 e. The maximum atomic E-state index is 13.2. The van der Waals surface area contributed by atoms with Crippen molar-refractivity contribution >= 4 is 12.4 Å². The first kappa shape index (κ1) is 23.0. The summed E-state index contributed by atoms with van der Waals surface area (Å²) in [5.41, 5.74) is 0.847. The van der Waals surface area contributed by atoms with Gasteiger partial charge in [-0.3, -0.25) is 4.79 Å². The van der Waals surface area contributed by atoms with Crippen LogP contribution < -0.4 is 5.56 Å². The zero-order chi connectivity index (χ0) is 21.1. The average molecular weight is 450 g/mol. The van der Waals surface area contributed by atoms with Crippen LogP contribution in [0.4, 0.5) is 13.2 Å². The van der Waals surface area contributed by atoms with Crippen molar-refractivity contribution < 1.29 is 13.2 Å². The fourth-order valence-corrected chi connectivity index (χ4v) is 3.76. The summed E-state index contributed by atoms with van der Waals surface area (Å²) >= 11 is 0. The van der Waals surface area contributed by atoms with Crippen molar-refractivity contribution in [3.8, 4) is 22.4 Å². The Bertz CT molecular complexity index is 1080. The first-order chi connectivity index (χ1) is 14.4. The summed E-state index contributed by atoms with van der Waals surface area (Å²) in [6, 6.07) is 15.8. The van der Waals surface area contributed by atoms with E-state index in [2.05, 4.69) is 10.00 Å². The van der Waals surface area contributed by atoms with E-state index < -0.39 is 11.7 Å². The standard InChI is InChI=1S/C23H22F3N3O.ClH/c24-23(25,26)19-10-6-9-18(15-19)21-16-20(17-7-2-1-3-8-17)22(30)29(27-21)14-13-28-11-4-5-12-28;/h1-3,6-10,15-16H,4-5,11-14H2;1H. The molecule has 0 bridgehead atoms. The predicted molar refractivity (Wildman–Crippen MR) is 117 cm³/mol. The summed E-state index contributed by atoms with van der Waals surface area (Å²) in [6.45, 7) is 3.07. The van der Waals surface area contributed by atoms with E-state index >= 15 is 0 Å². The van der Waals surface area contributed by atoms with Gasteiger partial charge >= 0.3 is 6.18 Å². The van der Waals surface area contributed by atoms with Crippen LogP contribution in [0.1, 0.15) is 18.4 Å². The second kappa shape index (κ2) is 9.66. The third-order valence-corrected chi connectivity index (χ3v) is 5.37. The Morgan fingerprint density at radius 1 is 0.871 bits per heavy atom. The van der Waals surface area contributed by atoms with Gasteiger partial charge in [0.1, 0.15) is 0 Å². The fraction of sp³-hybridized carbons (Fsp3) is 0.304. The average Bonchev–Trinajstić information content (AvgIpc) is 3.27. The number of rotatable bonds is 5. The van der Waals surface area contributed by atoms with Gasteiger partial charge < -0.3 is 4.90 Å². The van der Waals surface area contributed by atoms with Crippen LogP contribution in [0, 0.1) is 0 Å². The molecule has 0 saturated carbocycles. The summed E-state index contributed by atoms with van der Waals surface area (Å²) < 4.78 is 40.9. The zero-order valence-corrected chi connectivity index (χ0v) is 17.6. The number of halogens is 4. The largest absolute Gasteiger partial charge is 0.416 e. The van der Waals surface area contributed by atoms with Gasteiger partial charge in [0.2, 0.25) is 0 Å². The molecule has 0 N–H and O–H groups in total. The number of aromatic nitrogens is 2. The van der Waals surface area contributed by atoms with Gasteiger partial charge in [-0.15, -0.1) is 12.4 Å². The Balaban J connectivity index is 0.00000272. The van der Waals surface area contributed by atoms with Gasteiger partial charge in [0, 0.05) is 12.1 Å². The lowest BCUT2D eigenvalue weighted by atomic mass is 10.0. The Morgan fingerprint density at radius 2 is 1.55 bits per heavy atom. The number of benzene rings is 2. The van der Waals surface area contributed by atoms with Crippen molar-refractivity contribution in [3.63, 3.8) is 0 Å². The quantitative estimate of drug-likeness (QED) is 0.543. The molecule has 2 aromatic carbocycles. The van der Waals surface area contributed by atoms with Gasteiger partial charge in [-0.05, 0) is 49.7 Å². The van der Waals surface area contributed by atoms with E-state index in [4.69, 9.17) is 0 Å². The minimum absolute atomic E-state index is 0. The van der Waals surface area contributed by atoms with Crippen molar-refractivity contribution in [1.82, 2.24) is 14.7 Å². The lowest BCUT2D eigenvalue weighted by Crippen LogP contribution is -2.31. The SMILES string of the molecule is Cl.O=c1c(-c2ccccc2)cc(-c2cccc(C(F)(F)F)c2)nn1CCN1CCCC1. The molecule has 0 atom stereocenters. The first-order valence-corrected chi connectivity index (χ1v) is 9.99. The summed E-state index contributed by atoms with van der Waals surface area (Å²) in [5, 5.41) is 4.42. The third-order valence-electron chi connectivity index (χ3n) is 5.37. The molecule has 1 aliphatic heterocycles. The molecule has 8 heteroatoms. The predicted octanol–water partition coefficient (Wildman–Crippen LogP) is 5.11. The van der Waals surface area contributed by atoms with Crippen LogP contribution in [0.15, 0.2) is 65.5 Å². The topological polar surface area (TPSA) is 38.1 Å². The number of hydrogen-bond donors (Lipinski definition) is 0. The van der Waals surface area contributed by atoms with Crippen molar-refractivity contribution in [3.05, 3.63) is 76.6 Å². The molecule has 3 aromatic rings. The van der Waals surface area contributed by atoms with Crippen LogP contribution in [0.5, 0.6) is 0 Å². The maximum absolute atomic E-state index is 13.2. The van der Waals surface area contributed by atoms with Gasteiger partial charge in [-0.25, -0.2) is 4.68 Å². The lowest BCUT2D eigenvalue weighted by molar-refractivity contribution is -0.137. The molecule has 2 heterocycles. The molecule has 0 spiro atoms. The molecular weight excluding hydrogens is 427 g/mol. The molecule has 0 amide bonds. The number of likely N-dealkylation sites (tertiary alicyclic amines) is 1. The van der Waals surface area contributed by atoms with Crippen molar-refractivity contribution in [2.75, 3.05) is 19.6 Å². The Labute approximate surface area is 184 Å². The molecule has 0 radical (unpaired) electrons. The van der Waals surface area contributed by atoms with Crippen LogP contribution in [0.3, 0.4) is 0 Å². The van der Waals surface area contributed by atoms with E-state index in [0.717, 1.165) is 38.1 Å². The van der Waals surface area contributed by atoms with Crippen LogP contribution in [-0.4, -0.2) is 34.3 Å². The summed E-state index contributed by atoms with van der Waals surface area (Å²) in [6.07, 6.45) is -2.16. The molecule has 1 aliphatic rings. The highest BCUT2D eigenvalue weighted by atomic mass is 35.5. The molecule has 0 aliphatic carbocycles. The molecular formula is C23H23ClF3N3O. The van der Waals surface area contributed by atoms with Crippen LogP contribution >= 0.6 is 12.4 Å². The highest BCUT2D eigenvalue weighted by Gasteiger charge is 2.30. The normalized spacial score (nSPS) is 14.4.